The molecule has 0 spiro atoms. The molecule has 17 heavy (non-hydrogen) atoms. The van der Waals surface area contributed by atoms with E-state index in [0.717, 1.165) is 11.3 Å². The molecule has 2 aromatic rings. The number of amidine groups is 1. The highest BCUT2D eigenvalue weighted by Crippen LogP contribution is 2.12. The Labute approximate surface area is 101 Å². The largest absolute Gasteiger partial charge is 0.268 e. The minimum atomic E-state index is 0.634. The third-order valence-corrected chi connectivity index (χ3v) is 2.26. The maximum Gasteiger partial charge on any atom is 0.176 e. The first-order valence-corrected chi connectivity index (χ1v) is 5.39. The molecule has 0 saturated heterocycles. The number of rotatable bonds is 2. The van der Waals surface area contributed by atoms with Crippen LogP contribution >= 0.6 is 0 Å². The van der Waals surface area contributed by atoms with Crippen molar-refractivity contribution in [2.24, 2.45) is 15.2 Å². The highest BCUT2D eigenvalue weighted by molar-refractivity contribution is 5.99. The van der Waals surface area contributed by atoms with E-state index >= 15 is 0 Å². The van der Waals surface area contributed by atoms with Gasteiger partial charge in [0, 0.05) is 12.6 Å². The van der Waals surface area contributed by atoms with Gasteiger partial charge in [-0.3, -0.25) is 4.99 Å². The molecule has 84 valence electrons. The summed E-state index contributed by atoms with van der Waals surface area (Å²) in [5, 5.41) is 8.31. The van der Waals surface area contributed by atoms with Crippen LogP contribution < -0.4 is 0 Å². The lowest BCUT2D eigenvalue weighted by molar-refractivity contribution is 1.24. The average Bonchev–Trinajstić information content (AvgIpc) is 2.42. The summed E-state index contributed by atoms with van der Waals surface area (Å²) in [6.45, 7) is 0. The number of azo groups is 1. The van der Waals surface area contributed by atoms with Crippen LogP contribution in [0.1, 0.15) is 5.56 Å². The second kappa shape index (κ2) is 5.70. The number of nitrogens with zero attached hydrogens (tertiary/aromatic N) is 3. The molecule has 0 aliphatic heterocycles. The normalized spacial score (nSPS) is 11.9. The van der Waals surface area contributed by atoms with E-state index in [0.29, 0.717) is 5.84 Å². The lowest BCUT2D eigenvalue weighted by atomic mass is 10.2. The molecule has 0 unspecified atom stereocenters. The third kappa shape index (κ3) is 3.08. The van der Waals surface area contributed by atoms with E-state index in [1.807, 2.05) is 60.7 Å². The number of aliphatic imine (C=N–C) groups is 1. The average molecular weight is 223 g/mol. The Bertz CT molecular complexity index is 516. The standard InChI is InChI=1S/C14H13N3/c1-15-14(12-8-4-2-5-9-12)17-16-13-10-6-3-7-11-13/h2-11H,1H3. The SMILES string of the molecule is CN=C(N=Nc1ccccc1)c1ccccc1. The fourth-order valence-electron chi connectivity index (χ4n) is 1.42. The highest BCUT2D eigenvalue weighted by atomic mass is 15.1. The predicted molar refractivity (Wildman–Crippen MR) is 69.9 cm³/mol. The lowest BCUT2D eigenvalue weighted by Gasteiger charge is -1.97. The predicted octanol–water partition coefficient (Wildman–Crippen LogP) is 3.85. The lowest BCUT2D eigenvalue weighted by Crippen LogP contribution is -1.94. The fourth-order valence-corrected chi connectivity index (χ4v) is 1.42. The molecular formula is C14H13N3. The number of hydrogen-bond donors (Lipinski definition) is 0. The first-order valence-electron chi connectivity index (χ1n) is 5.39. The minimum absolute atomic E-state index is 0.634. The van der Waals surface area contributed by atoms with Crippen molar-refractivity contribution in [3.8, 4) is 0 Å². The molecule has 0 aromatic heterocycles. The topological polar surface area (TPSA) is 37.1 Å². The summed E-state index contributed by atoms with van der Waals surface area (Å²) < 4.78 is 0. The number of hydrogen-bond acceptors (Lipinski definition) is 2. The van der Waals surface area contributed by atoms with Gasteiger partial charge in [-0.15, -0.1) is 10.2 Å². The number of benzene rings is 2. The molecule has 0 bridgehead atoms. The Morgan fingerprint density at radius 3 is 2.00 bits per heavy atom. The van der Waals surface area contributed by atoms with E-state index < -0.39 is 0 Å². The Morgan fingerprint density at radius 1 is 0.824 bits per heavy atom. The van der Waals surface area contributed by atoms with Crippen LogP contribution in [-0.2, 0) is 0 Å². The Hall–Kier alpha value is -2.29. The summed E-state index contributed by atoms with van der Waals surface area (Å²) in [5.74, 6) is 0.634. The molecule has 0 fully saturated rings. The van der Waals surface area contributed by atoms with Crippen molar-refractivity contribution in [1.29, 1.82) is 0 Å². The van der Waals surface area contributed by atoms with E-state index in [2.05, 4.69) is 15.2 Å². The zero-order valence-corrected chi connectivity index (χ0v) is 9.62. The summed E-state index contributed by atoms with van der Waals surface area (Å²) >= 11 is 0. The summed E-state index contributed by atoms with van der Waals surface area (Å²) in [7, 11) is 1.71. The molecule has 0 aliphatic carbocycles. The molecule has 0 atom stereocenters. The van der Waals surface area contributed by atoms with Gasteiger partial charge < -0.3 is 0 Å². The zero-order chi connectivity index (χ0) is 11.9. The Morgan fingerprint density at radius 2 is 1.41 bits per heavy atom. The van der Waals surface area contributed by atoms with Gasteiger partial charge in [0.2, 0.25) is 0 Å². The molecule has 0 heterocycles. The molecule has 0 aliphatic rings. The van der Waals surface area contributed by atoms with Crippen LogP contribution in [0, 0.1) is 0 Å². The second-order valence-corrected chi connectivity index (χ2v) is 3.45. The van der Waals surface area contributed by atoms with Gasteiger partial charge in [-0.2, -0.15) is 0 Å². The van der Waals surface area contributed by atoms with Crippen molar-refractivity contribution >= 4 is 11.5 Å². The molecule has 3 heteroatoms. The van der Waals surface area contributed by atoms with Gasteiger partial charge in [0.25, 0.3) is 0 Å². The van der Waals surface area contributed by atoms with Crippen molar-refractivity contribution in [2.45, 2.75) is 0 Å². The van der Waals surface area contributed by atoms with E-state index in [1.54, 1.807) is 7.05 Å². The van der Waals surface area contributed by atoms with Crippen molar-refractivity contribution < 1.29 is 0 Å². The molecular weight excluding hydrogens is 210 g/mol. The van der Waals surface area contributed by atoms with Gasteiger partial charge in [-0.1, -0.05) is 48.5 Å². The van der Waals surface area contributed by atoms with E-state index in [-0.39, 0.29) is 0 Å². The van der Waals surface area contributed by atoms with Crippen LogP contribution in [0.4, 0.5) is 5.69 Å². The van der Waals surface area contributed by atoms with E-state index in [4.69, 9.17) is 0 Å². The van der Waals surface area contributed by atoms with Gasteiger partial charge >= 0.3 is 0 Å². The van der Waals surface area contributed by atoms with Crippen LogP contribution in [-0.4, -0.2) is 12.9 Å². The fraction of sp³-hybridized carbons (Fsp3) is 0.0714. The van der Waals surface area contributed by atoms with Crippen LogP contribution in [0.15, 0.2) is 75.9 Å². The molecule has 2 rings (SSSR count). The molecule has 2 aromatic carbocycles. The summed E-state index contributed by atoms with van der Waals surface area (Å²) in [6.07, 6.45) is 0. The molecule has 0 saturated carbocycles. The third-order valence-electron chi connectivity index (χ3n) is 2.26. The van der Waals surface area contributed by atoms with Crippen molar-refractivity contribution in [2.75, 3.05) is 7.05 Å². The summed E-state index contributed by atoms with van der Waals surface area (Å²) in [5.41, 5.74) is 1.79. The molecule has 0 N–H and O–H groups in total. The van der Waals surface area contributed by atoms with Gasteiger partial charge in [-0.05, 0) is 12.1 Å². The van der Waals surface area contributed by atoms with Crippen LogP contribution in [0.2, 0.25) is 0 Å². The first kappa shape index (κ1) is 11.2. The zero-order valence-electron chi connectivity index (χ0n) is 9.62. The van der Waals surface area contributed by atoms with Gasteiger partial charge in [0.1, 0.15) is 0 Å². The Kier molecular flexibility index (Phi) is 3.76. The van der Waals surface area contributed by atoms with Crippen LogP contribution in [0.3, 0.4) is 0 Å². The molecule has 3 nitrogen and oxygen atoms in total. The highest BCUT2D eigenvalue weighted by Gasteiger charge is 1.99. The van der Waals surface area contributed by atoms with Crippen LogP contribution in [0.5, 0.6) is 0 Å². The maximum atomic E-state index is 4.16. The maximum absolute atomic E-state index is 4.16. The first-order chi connectivity index (χ1) is 8.40. The van der Waals surface area contributed by atoms with Gasteiger partial charge in [0.15, 0.2) is 5.84 Å². The Balaban J connectivity index is 2.20. The minimum Gasteiger partial charge on any atom is -0.268 e. The van der Waals surface area contributed by atoms with Gasteiger partial charge in [-0.25, -0.2) is 0 Å². The second-order valence-electron chi connectivity index (χ2n) is 3.45. The van der Waals surface area contributed by atoms with Gasteiger partial charge in [0.05, 0.1) is 5.69 Å². The summed E-state index contributed by atoms with van der Waals surface area (Å²) in [4.78, 5) is 4.13. The van der Waals surface area contributed by atoms with E-state index in [1.165, 1.54) is 0 Å². The molecule has 0 radical (unpaired) electrons. The smallest absolute Gasteiger partial charge is 0.176 e. The summed E-state index contributed by atoms with van der Waals surface area (Å²) in [6, 6.07) is 19.4. The van der Waals surface area contributed by atoms with Crippen LogP contribution in [0.25, 0.3) is 0 Å². The van der Waals surface area contributed by atoms with E-state index in [9.17, 15) is 0 Å². The quantitative estimate of drug-likeness (QED) is 0.421. The molecule has 0 amide bonds. The van der Waals surface area contributed by atoms with Crippen molar-refractivity contribution in [3.63, 3.8) is 0 Å². The monoisotopic (exact) mass is 223 g/mol. The van der Waals surface area contributed by atoms with Crippen molar-refractivity contribution in [1.82, 2.24) is 0 Å². The van der Waals surface area contributed by atoms with Crippen molar-refractivity contribution in [3.05, 3.63) is 66.2 Å².